The van der Waals surface area contributed by atoms with E-state index in [0.717, 1.165) is 57.4 Å². The standard InChI is InChI=1S/C52H60N2O2/c1-15-31-17-19-39-43(21-31)53(37-25-33(49(3,4)5)23-34(26-37)50(6,7)8)45-29-42-46(30-41(45)47(39)55)54(44-22-32(16-2)18-20-40(44)48(42)56)38-27-35(51(9,10)11)24-36(28-38)52(12,13)14/h17-30H,15-16H2,1-14H3. The van der Waals surface area contributed by atoms with Gasteiger partial charge in [-0.05, 0) is 129 Å². The van der Waals surface area contributed by atoms with Crippen LogP contribution in [-0.2, 0) is 34.5 Å². The Hall–Kier alpha value is -4.96. The molecule has 0 fully saturated rings. The van der Waals surface area contributed by atoms with Crippen LogP contribution in [0.4, 0.5) is 0 Å². The number of aryl methyl sites for hydroxylation is 2. The third-order valence-electron chi connectivity index (χ3n) is 11.8. The molecule has 0 aliphatic carbocycles. The van der Waals surface area contributed by atoms with E-state index in [1.807, 2.05) is 24.3 Å². The van der Waals surface area contributed by atoms with Crippen LogP contribution in [0.1, 0.15) is 130 Å². The zero-order valence-electron chi connectivity index (χ0n) is 36.2. The molecule has 0 N–H and O–H groups in total. The molecule has 0 aliphatic heterocycles. The molecule has 290 valence electrons. The average molecular weight is 745 g/mol. The summed E-state index contributed by atoms with van der Waals surface area (Å²) in [6, 6.07) is 30.3. The quantitative estimate of drug-likeness (QED) is 0.168. The summed E-state index contributed by atoms with van der Waals surface area (Å²) in [4.78, 5) is 29.9. The summed E-state index contributed by atoms with van der Waals surface area (Å²) in [5, 5.41) is 2.52. The third kappa shape index (κ3) is 6.80. The molecule has 4 heteroatoms. The number of hydrogen-bond donors (Lipinski definition) is 0. The largest absolute Gasteiger partial charge is 0.309 e. The van der Waals surface area contributed by atoms with Gasteiger partial charge in [0.15, 0.2) is 10.9 Å². The molecule has 2 aromatic heterocycles. The highest BCUT2D eigenvalue weighted by molar-refractivity contribution is 6.05. The Morgan fingerprint density at radius 2 is 0.661 bits per heavy atom. The van der Waals surface area contributed by atoms with E-state index in [4.69, 9.17) is 0 Å². The molecule has 0 saturated carbocycles. The molecule has 0 bridgehead atoms. The zero-order valence-corrected chi connectivity index (χ0v) is 36.2. The van der Waals surface area contributed by atoms with E-state index >= 15 is 0 Å². The van der Waals surface area contributed by atoms with E-state index in [1.165, 1.54) is 22.3 Å². The Labute approximate surface area is 333 Å². The van der Waals surface area contributed by atoms with Crippen molar-refractivity contribution < 1.29 is 0 Å². The lowest BCUT2D eigenvalue weighted by atomic mass is 9.80. The maximum atomic E-state index is 14.9. The van der Waals surface area contributed by atoms with Gasteiger partial charge in [0, 0.05) is 32.9 Å². The molecule has 0 atom stereocenters. The fraction of sp³-hybridized carbons (Fsp3) is 0.385. The van der Waals surface area contributed by atoms with Crippen molar-refractivity contribution in [2.75, 3.05) is 0 Å². The first-order valence-corrected chi connectivity index (χ1v) is 20.5. The lowest BCUT2D eigenvalue weighted by Crippen LogP contribution is -2.19. The smallest absolute Gasteiger partial charge is 0.197 e. The second-order valence-electron chi connectivity index (χ2n) is 20.2. The second kappa shape index (κ2) is 13.3. The Balaban J connectivity index is 1.74. The molecule has 0 aliphatic rings. The minimum atomic E-state index is -0.112. The third-order valence-corrected chi connectivity index (χ3v) is 11.8. The summed E-state index contributed by atoms with van der Waals surface area (Å²) >= 11 is 0. The van der Waals surface area contributed by atoms with Gasteiger partial charge < -0.3 is 9.13 Å². The van der Waals surface area contributed by atoms with Gasteiger partial charge in [-0.1, -0.05) is 121 Å². The van der Waals surface area contributed by atoms with Gasteiger partial charge in [0.05, 0.1) is 22.1 Å². The fourth-order valence-electron chi connectivity index (χ4n) is 7.98. The molecule has 7 rings (SSSR count). The highest BCUT2D eigenvalue weighted by atomic mass is 16.1. The number of nitrogens with zero attached hydrogens (tertiary/aromatic N) is 2. The van der Waals surface area contributed by atoms with E-state index in [1.54, 1.807) is 0 Å². The summed E-state index contributed by atoms with van der Waals surface area (Å²) in [6.07, 6.45) is 1.69. The van der Waals surface area contributed by atoms with Crippen LogP contribution < -0.4 is 10.9 Å². The Bertz CT molecular complexity index is 2580. The number of benzene rings is 5. The van der Waals surface area contributed by atoms with Gasteiger partial charge in [-0.15, -0.1) is 0 Å². The van der Waals surface area contributed by atoms with E-state index in [-0.39, 0.29) is 32.5 Å². The summed E-state index contributed by atoms with van der Waals surface area (Å²) in [7, 11) is 0. The number of hydrogen-bond acceptors (Lipinski definition) is 2. The summed E-state index contributed by atoms with van der Waals surface area (Å²) in [5.74, 6) is 0. The Morgan fingerprint density at radius 3 is 0.929 bits per heavy atom. The fourth-order valence-corrected chi connectivity index (χ4v) is 7.98. The molecule has 0 unspecified atom stereocenters. The predicted molar refractivity (Wildman–Crippen MR) is 241 cm³/mol. The average Bonchev–Trinajstić information content (AvgIpc) is 3.12. The second-order valence-corrected chi connectivity index (χ2v) is 20.2. The van der Waals surface area contributed by atoms with Crippen molar-refractivity contribution in [1.29, 1.82) is 0 Å². The zero-order chi connectivity index (χ0) is 40.9. The Kier molecular flexibility index (Phi) is 9.35. The van der Waals surface area contributed by atoms with Crippen molar-refractivity contribution in [1.82, 2.24) is 9.13 Å². The van der Waals surface area contributed by atoms with Gasteiger partial charge in [0.2, 0.25) is 0 Å². The van der Waals surface area contributed by atoms with E-state index in [9.17, 15) is 9.59 Å². The topological polar surface area (TPSA) is 44.0 Å². The van der Waals surface area contributed by atoms with E-state index < -0.39 is 0 Å². The lowest BCUT2D eigenvalue weighted by molar-refractivity contribution is 0.567. The molecule has 0 amide bonds. The molecule has 4 nitrogen and oxygen atoms in total. The van der Waals surface area contributed by atoms with Crippen molar-refractivity contribution >= 4 is 43.6 Å². The van der Waals surface area contributed by atoms with Crippen LogP contribution in [-0.4, -0.2) is 9.13 Å². The molecule has 7 aromatic rings. The molecule has 0 spiro atoms. The number of rotatable bonds is 4. The first-order chi connectivity index (χ1) is 26.0. The maximum Gasteiger partial charge on any atom is 0.197 e. The monoisotopic (exact) mass is 744 g/mol. The lowest BCUT2D eigenvalue weighted by Gasteiger charge is -2.28. The van der Waals surface area contributed by atoms with Gasteiger partial charge in [0.25, 0.3) is 0 Å². The number of aromatic nitrogens is 2. The molecule has 5 aromatic carbocycles. The minimum absolute atomic E-state index is 0.0287. The van der Waals surface area contributed by atoms with Crippen LogP contribution in [0.3, 0.4) is 0 Å². The normalized spacial score (nSPS) is 13.1. The van der Waals surface area contributed by atoms with Crippen LogP contribution in [0.25, 0.3) is 55.0 Å². The highest BCUT2D eigenvalue weighted by Crippen LogP contribution is 2.38. The van der Waals surface area contributed by atoms with E-state index in [2.05, 4.69) is 167 Å². The van der Waals surface area contributed by atoms with Gasteiger partial charge in [-0.25, -0.2) is 0 Å². The van der Waals surface area contributed by atoms with Crippen molar-refractivity contribution in [2.45, 2.75) is 131 Å². The molecular weight excluding hydrogens is 685 g/mol. The van der Waals surface area contributed by atoms with Gasteiger partial charge in [-0.3, -0.25) is 9.59 Å². The molecule has 0 saturated heterocycles. The van der Waals surface area contributed by atoms with Gasteiger partial charge >= 0.3 is 0 Å². The first kappa shape index (κ1) is 39.3. The van der Waals surface area contributed by atoms with Crippen LogP contribution in [0, 0.1) is 0 Å². The molecule has 0 radical (unpaired) electrons. The van der Waals surface area contributed by atoms with Crippen LogP contribution in [0.2, 0.25) is 0 Å². The number of pyridine rings is 2. The van der Waals surface area contributed by atoms with Crippen molar-refractivity contribution in [3.63, 3.8) is 0 Å². The van der Waals surface area contributed by atoms with Crippen LogP contribution >= 0.6 is 0 Å². The number of fused-ring (bicyclic) bond motifs is 4. The minimum Gasteiger partial charge on any atom is -0.309 e. The SMILES string of the molecule is CCc1ccc2c(=O)c3cc4c(cc3n(-c3cc(C(C)(C)C)cc(C(C)(C)C)c3)c2c1)c(=O)c1ccc(CC)cc1n4-c1cc(C(C)(C)C)cc(C(C)(C)C)c1. The summed E-state index contributed by atoms with van der Waals surface area (Å²) in [5.41, 5.74) is 11.9. The van der Waals surface area contributed by atoms with Crippen molar-refractivity contribution in [2.24, 2.45) is 0 Å². The molecule has 2 heterocycles. The van der Waals surface area contributed by atoms with Crippen LogP contribution in [0.15, 0.2) is 94.5 Å². The van der Waals surface area contributed by atoms with Gasteiger partial charge in [-0.2, -0.15) is 0 Å². The van der Waals surface area contributed by atoms with Crippen molar-refractivity contribution in [3.8, 4) is 11.4 Å². The maximum absolute atomic E-state index is 14.9. The first-order valence-electron chi connectivity index (χ1n) is 20.5. The predicted octanol–water partition coefficient (Wildman–Crippen LogP) is 12.9. The molecular formula is C52H60N2O2. The highest BCUT2D eigenvalue weighted by Gasteiger charge is 2.26. The van der Waals surface area contributed by atoms with Crippen molar-refractivity contribution in [3.05, 3.63) is 139 Å². The summed E-state index contributed by atoms with van der Waals surface area (Å²) in [6.45, 7) is 31.3. The molecule has 56 heavy (non-hydrogen) atoms. The van der Waals surface area contributed by atoms with Crippen LogP contribution in [0.5, 0.6) is 0 Å². The summed E-state index contributed by atoms with van der Waals surface area (Å²) < 4.78 is 4.50. The van der Waals surface area contributed by atoms with E-state index in [0.29, 0.717) is 21.5 Å². The van der Waals surface area contributed by atoms with Gasteiger partial charge in [0.1, 0.15) is 0 Å². The Morgan fingerprint density at radius 1 is 0.375 bits per heavy atom.